The predicted octanol–water partition coefficient (Wildman–Crippen LogP) is 2.39. The molecular weight excluding hydrogens is 357 g/mol. The maximum absolute atomic E-state index is 12.4. The lowest BCUT2D eigenvalue weighted by Gasteiger charge is -2.24. The number of amides is 2. The van der Waals surface area contributed by atoms with E-state index in [9.17, 15) is 27.6 Å². The Morgan fingerprint density at radius 2 is 1.42 bits per heavy atom. The second-order valence-corrected chi connectivity index (χ2v) is 6.73. The summed E-state index contributed by atoms with van der Waals surface area (Å²) in [6.45, 7) is 5.40. The lowest BCUT2D eigenvalue weighted by Crippen LogP contribution is -2.52. The van der Waals surface area contributed by atoms with E-state index in [1.54, 1.807) is 13.8 Å². The molecule has 2 amide bonds. The van der Waals surface area contributed by atoms with Gasteiger partial charge in [0.05, 0.1) is 7.11 Å². The van der Waals surface area contributed by atoms with E-state index >= 15 is 0 Å². The second kappa shape index (κ2) is 10.9. The Labute approximate surface area is 151 Å². The summed E-state index contributed by atoms with van der Waals surface area (Å²) in [6, 6.07) is -2.24. The van der Waals surface area contributed by atoms with E-state index in [0.29, 0.717) is 0 Å². The number of esters is 1. The van der Waals surface area contributed by atoms with E-state index in [1.807, 2.05) is 13.8 Å². The molecule has 0 heterocycles. The standard InChI is InChI=1S/C16H27F3N2O5/c1-9(2)6-11(21-15(24)25-5)13(22)20-12(7-10(3)4)14(23)26-8-16(17,18)19/h9-12H,6-8H2,1-5H3,(H,20,22)(H,21,24). The lowest BCUT2D eigenvalue weighted by atomic mass is 10.0. The van der Waals surface area contributed by atoms with Crippen LogP contribution in [0.1, 0.15) is 40.5 Å². The first kappa shape index (κ1) is 24.0. The molecule has 0 radical (unpaired) electrons. The van der Waals surface area contributed by atoms with E-state index in [2.05, 4.69) is 20.1 Å². The number of ether oxygens (including phenoxy) is 2. The van der Waals surface area contributed by atoms with Gasteiger partial charge in [-0.1, -0.05) is 27.7 Å². The highest BCUT2D eigenvalue weighted by molar-refractivity contribution is 5.89. The van der Waals surface area contributed by atoms with Crippen molar-refractivity contribution in [2.24, 2.45) is 11.8 Å². The summed E-state index contributed by atoms with van der Waals surface area (Å²) in [5.41, 5.74) is 0. The molecular formula is C16H27F3N2O5. The Hall–Kier alpha value is -2.00. The van der Waals surface area contributed by atoms with Gasteiger partial charge in [-0.2, -0.15) is 13.2 Å². The minimum atomic E-state index is -4.66. The van der Waals surface area contributed by atoms with Gasteiger partial charge in [0.1, 0.15) is 12.1 Å². The molecule has 10 heteroatoms. The molecule has 2 unspecified atom stereocenters. The molecule has 2 atom stereocenters. The number of methoxy groups -OCH3 is 1. The monoisotopic (exact) mass is 384 g/mol. The van der Waals surface area contributed by atoms with Crippen molar-refractivity contribution in [1.29, 1.82) is 0 Å². The van der Waals surface area contributed by atoms with Crippen LogP contribution >= 0.6 is 0 Å². The molecule has 0 aromatic carbocycles. The zero-order chi connectivity index (χ0) is 20.5. The zero-order valence-electron chi connectivity index (χ0n) is 15.6. The number of carbonyl (C=O) groups is 3. The highest BCUT2D eigenvalue weighted by atomic mass is 19.4. The third kappa shape index (κ3) is 10.8. The second-order valence-electron chi connectivity index (χ2n) is 6.73. The average Bonchev–Trinajstić information content (AvgIpc) is 2.49. The van der Waals surface area contributed by atoms with E-state index in [-0.39, 0.29) is 24.7 Å². The normalized spacial score (nSPS) is 13.9. The Balaban J connectivity index is 5.10. The maximum atomic E-state index is 12.4. The third-order valence-corrected chi connectivity index (χ3v) is 3.19. The summed E-state index contributed by atoms with van der Waals surface area (Å²) < 4.78 is 45.4. The molecule has 0 aliphatic carbocycles. The van der Waals surface area contributed by atoms with Gasteiger partial charge in [0.2, 0.25) is 5.91 Å². The van der Waals surface area contributed by atoms with Crippen LogP contribution < -0.4 is 10.6 Å². The SMILES string of the molecule is COC(=O)NC(CC(C)C)C(=O)NC(CC(C)C)C(=O)OCC(F)(F)F. The highest BCUT2D eigenvalue weighted by Gasteiger charge is 2.33. The number of alkyl carbamates (subject to hydrolysis) is 1. The van der Waals surface area contributed by atoms with Crippen molar-refractivity contribution < 1.29 is 37.0 Å². The minimum absolute atomic E-state index is 0.0311. The topological polar surface area (TPSA) is 93.7 Å². The van der Waals surface area contributed by atoms with Gasteiger partial charge in [-0.15, -0.1) is 0 Å². The summed E-state index contributed by atoms with van der Waals surface area (Å²) >= 11 is 0. The number of halogens is 3. The maximum Gasteiger partial charge on any atom is 0.422 e. The lowest BCUT2D eigenvalue weighted by molar-refractivity contribution is -0.188. The van der Waals surface area contributed by atoms with Gasteiger partial charge in [0.15, 0.2) is 6.61 Å². The Kier molecular flexibility index (Phi) is 10.0. The molecule has 0 aromatic heterocycles. The fraction of sp³-hybridized carbons (Fsp3) is 0.812. The molecule has 0 spiro atoms. The molecule has 0 bridgehead atoms. The molecule has 0 fully saturated rings. The first-order valence-electron chi connectivity index (χ1n) is 8.24. The van der Waals surface area contributed by atoms with Gasteiger partial charge in [0, 0.05) is 0 Å². The van der Waals surface area contributed by atoms with Crippen molar-refractivity contribution in [1.82, 2.24) is 10.6 Å². The van der Waals surface area contributed by atoms with Gasteiger partial charge < -0.3 is 20.1 Å². The summed E-state index contributed by atoms with van der Waals surface area (Å²) in [6.07, 6.45) is -5.14. The largest absolute Gasteiger partial charge is 0.455 e. The number of hydrogen-bond acceptors (Lipinski definition) is 5. The number of alkyl halides is 3. The van der Waals surface area contributed by atoms with Crippen molar-refractivity contribution in [3.8, 4) is 0 Å². The molecule has 0 saturated heterocycles. The van der Waals surface area contributed by atoms with Gasteiger partial charge in [-0.05, 0) is 24.7 Å². The van der Waals surface area contributed by atoms with Crippen LogP contribution in [0.3, 0.4) is 0 Å². The van der Waals surface area contributed by atoms with E-state index < -0.39 is 42.8 Å². The molecule has 2 N–H and O–H groups in total. The molecule has 7 nitrogen and oxygen atoms in total. The van der Waals surface area contributed by atoms with Gasteiger partial charge in [-0.3, -0.25) is 4.79 Å². The summed E-state index contributed by atoms with van der Waals surface area (Å²) in [7, 11) is 1.13. The smallest absolute Gasteiger partial charge is 0.422 e. The van der Waals surface area contributed by atoms with Gasteiger partial charge >= 0.3 is 18.2 Å². The molecule has 0 aromatic rings. The van der Waals surface area contributed by atoms with Crippen LogP contribution in [0.5, 0.6) is 0 Å². The predicted molar refractivity (Wildman–Crippen MR) is 87.2 cm³/mol. The summed E-state index contributed by atoms with van der Waals surface area (Å²) in [5.74, 6) is -1.93. The Bertz CT molecular complexity index is 481. The molecule has 152 valence electrons. The first-order chi connectivity index (χ1) is 11.9. The van der Waals surface area contributed by atoms with Crippen LogP contribution in [-0.4, -0.2) is 49.9 Å². The van der Waals surface area contributed by atoms with Crippen molar-refractivity contribution in [3.63, 3.8) is 0 Å². The van der Waals surface area contributed by atoms with E-state index in [0.717, 1.165) is 7.11 Å². The number of carbonyl (C=O) groups excluding carboxylic acids is 3. The highest BCUT2D eigenvalue weighted by Crippen LogP contribution is 2.16. The fourth-order valence-corrected chi connectivity index (χ4v) is 2.12. The molecule has 0 aliphatic heterocycles. The molecule has 0 aliphatic rings. The average molecular weight is 384 g/mol. The summed E-state index contributed by atoms with van der Waals surface area (Å²) in [4.78, 5) is 35.7. The summed E-state index contributed by atoms with van der Waals surface area (Å²) in [5, 5.41) is 4.71. The number of hydrogen-bond donors (Lipinski definition) is 2. The van der Waals surface area contributed by atoms with E-state index in [1.165, 1.54) is 0 Å². The Morgan fingerprint density at radius 1 is 0.923 bits per heavy atom. The molecule has 0 rings (SSSR count). The van der Waals surface area contributed by atoms with Gasteiger partial charge in [0.25, 0.3) is 0 Å². The number of rotatable bonds is 9. The zero-order valence-corrected chi connectivity index (χ0v) is 15.6. The van der Waals surface area contributed by atoms with Gasteiger partial charge in [-0.25, -0.2) is 9.59 Å². The van der Waals surface area contributed by atoms with Crippen LogP contribution in [0.25, 0.3) is 0 Å². The first-order valence-corrected chi connectivity index (χ1v) is 8.24. The van der Waals surface area contributed by atoms with Crippen LogP contribution in [0.4, 0.5) is 18.0 Å². The minimum Gasteiger partial charge on any atom is -0.455 e. The fourth-order valence-electron chi connectivity index (χ4n) is 2.12. The quantitative estimate of drug-likeness (QED) is 0.596. The van der Waals surface area contributed by atoms with Crippen molar-refractivity contribution >= 4 is 18.0 Å². The van der Waals surface area contributed by atoms with Crippen molar-refractivity contribution in [2.45, 2.75) is 58.8 Å². The van der Waals surface area contributed by atoms with Crippen LogP contribution in [0.2, 0.25) is 0 Å². The van der Waals surface area contributed by atoms with Crippen molar-refractivity contribution in [3.05, 3.63) is 0 Å². The number of nitrogens with one attached hydrogen (secondary N) is 2. The molecule has 0 saturated carbocycles. The third-order valence-electron chi connectivity index (χ3n) is 3.19. The van der Waals surface area contributed by atoms with Crippen LogP contribution in [0.15, 0.2) is 0 Å². The molecule has 26 heavy (non-hydrogen) atoms. The van der Waals surface area contributed by atoms with Crippen molar-refractivity contribution in [2.75, 3.05) is 13.7 Å². The van der Waals surface area contributed by atoms with E-state index in [4.69, 9.17) is 0 Å². The Morgan fingerprint density at radius 3 is 1.85 bits per heavy atom. The van der Waals surface area contributed by atoms with Crippen LogP contribution in [-0.2, 0) is 19.1 Å². The van der Waals surface area contributed by atoms with Crippen LogP contribution in [0, 0.1) is 11.8 Å².